The normalized spacial score (nSPS) is 35.4. The molecule has 0 aromatic heterocycles. The maximum atomic E-state index is 12.4. The zero-order valence-electron chi connectivity index (χ0n) is 10.9. The number of hydrogen-bond acceptors (Lipinski definition) is 4. The lowest BCUT2D eigenvalue weighted by Gasteiger charge is -2.33. The number of carbonyl (C=O) groups excluding carboxylic acids is 1. The van der Waals surface area contributed by atoms with E-state index in [1.165, 1.54) is 19.4 Å². The van der Waals surface area contributed by atoms with Crippen molar-refractivity contribution < 1.29 is 9.53 Å². The van der Waals surface area contributed by atoms with Crippen LogP contribution in [-0.4, -0.2) is 54.7 Å². The van der Waals surface area contributed by atoms with Crippen LogP contribution in [0.1, 0.15) is 32.1 Å². The van der Waals surface area contributed by atoms with Crippen LogP contribution in [-0.2, 0) is 9.53 Å². The number of nitrogens with zero attached hydrogens (tertiary/aromatic N) is 1. The summed E-state index contributed by atoms with van der Waals surface area (Å²) in [6.07, 6.45) is 4.83. The molecule has 3 N–H and O–H groups in total. The summed E-state index contributed by atoms with van der Waals surface area (Å²) in [4.78, 5) is 14.9. The van der Waals surface area contributed by atoms with E-state index in [0.29, 0.717) is 38.1 Å². The first-order valence-corrected chi connectivity index (χ1v) is 7.11. The molecule has 0 saturated carbocycles. The van der Waals surface area contributed by atoms with Gasteiger partial charge < -0.3 is 15.8 Å². The third-order valence-electron chi connectivity index (χ3n) is 4.76. The predicted molar refractivity (Wildman–Crippen MR) is 68.1 cm³/mol. The molecule has 3 rings (SSSR count). The molecule has 1 amide bonds. The van der Waals surface area contributed by atoms with Crippen molar-refractivity contribution in [2.45, 2.75) is 49.7 Å². The Morgan fingerprint density at radius 3 is 2.83 bits per heavy atom. The monoisotopic (exact) mass is 253 g/mol. The van der Waals surface area contributed by atoms with Gasteiger partial charge in [-0.25, -0.2) is 0 Å². The number of amides is 1. The highest BCUT2D eigenvalue weighted by molar-refractivity contribution is 5.86. The lowest BCUT2D eigenvalue weighted by molar-refractivity contribution is -0.130. The summed E-state index contributed by atoms with van der Waals surface area (Å²) < 4.78 is 5.29. The Morgan fingerprint density at radius 1 is 1.28 bits per heavy atom. The van der Waals surface area contributed by atoms with Crippen molar-refractivity contribution in [3.8, 4) is 0 Å². The van der Waals surface area contributed by atoms with Crippen molar-refractivity contribution in [2.24, 2.45) is 5.73 Å². The molecule has 3 fully saturated rings. The average molecular weight is 253 g/mol. The van der Waals surface area contributed by atoms with Crippen molar-refractivity contribution in [1.82, 2.24) is 10.2 Å². The van der Waals surface area contributed by atoms with Crippen molar-refractivity contribution in [3.05, 3.63) is 0 Å². The summed E-state index contributed by atoms with van der Waals surface area (Å²) in [5.41, 5.74) is 5.51. The maximum absolute atomic E-state index is 12.4. The first kappa shape index (κ1) is 12.4. The fourth-order valence-corrected chi connectivity index (χ4v) is 3.53. The molecular weight excluding hydrogens is 230 g/mol. The summed E-state index contributed by atoms with van der Waals surface area (Å²) in [6.45, 7) is 3.52. The van der Waals surface area contributed by atoms with E-state index in [1.54, 1.807) is 0 Å². The van der Waals surface area contributed by atoms with Crippen LogP contribution in [0, 0.1) is 0 Å². The van der Waals surface area contributed by atoms with Gasteiger partial charge in [-0.3, -0.25) is 9.69 Å². The number of carbonyl (C=O) groups is 1. The summed E-state index contributed by atoms with van der Waals surface area (Å²) in [7, 11) is 0. The molecule has 5 nitrogen and oxygen atoms in total. The summed E-state index contributed by atoms with van der Waals surface area (Å²) in [5, 5.41) is 3.20. The third-order valence-corrected chi connectivity index (χ3v) is 4.76. The molecule has 18 heavy (non-hydrogen) atoms. The van der Waals surface area contributed by atoms with Crippen LogP contribution in [0.5, 0.6) is 0 Å². The van der Waals surface area contributed by atoms with E-state index >= 15 is 0 Å². The fraction of sp³-hybridized carbons (Fsp3) is 0.923. The zero-order valence-corrected chi connectivity index (χ0v) is 10.9. The summed E-state index contributed by atoms with van der Waals surface area (Å²) in [6, 6.07) is 0.862. The van der Waals surface area contributed by atoms with Gasteiger partial charge in [0.25, 0.3) is 0 Å². The highest BCUT2D eigenvalue weighted by Crippen LogP contribution is 2.28. The highest BCUT2D eigenvalue weighted by Gasteiger charge is 2.42. The first-order chi connectivity index (χ1) is 8.69. The second-order valence-corrected chi connectivity index (χ2v) is 5.88. The Balaban J connectivity index is 1.60. The van der Waals surface area contributed by atoms with Gasteiger partial charge in [0.1, 0.15) is 0 Å². The van der Waals surface area contributed by atoms with Crippen LogP contribution >= 0.6 is 0 Å². The molecule has 0 spiro atoms. The summed E-state index contributed by atoms with van der Waals surface area (Å²) in [5.74, 6) is 0.0320. The Hall–Kier alpha value is -0.650. The standard InChI is InChI=1S/C13H23N3O2/c14-13(4-8-18-9-5-13)12(17)15-10-3-7-16-6-1-2-11(10)16/h10-11H,1-9,14H2,(H,15,17). The highest BCUT2D eigenvalue weighted by atomic mass is 16.5. The molecule has 2 unspecified atom stereocenters. The van der Waals surface area contributed by atoms with Crippen molar-refractivity contribution in [2.75, 3.05) is 26.3 Å². The molecule has 102 valence electrons. The summed E-state index contributed by atoms with van der Waals surface area (Å²) >= 11 is 0. The van der Waals surface area contributed by atoms with E-state index in [0.717, 1.165) is 13.0 Å². The smallest absolute Gasteiger partial charge is 0.240 e. The fourth-order valence-electron chi connectivity index (χ4n) is 3.53. The minimum absolute atomic E-state index is 0.0320. The Labute approximate surface area is 108 Å². The quantitative estimate of drug-likeness (QED) is 0.718. The van der Waals surface area contributed by atoms with Gasteiger partial charge in [0.05, 0.1) is 5.54 Å². The number of ether oxygens (including phenoxy) is 1. The number of nitrogens with two attached hydrogens (primary N) is 1. The predicted octanol–water partition coefficient (Wildman–Crippen LogP) is -0.153. The molecule has 3 heterocycles. The SMILES string of the molecule is NC1(C(=O)NC2CCN3CCCC23)CCOCC1. The minimum atomic E-state index is -0.704. The number of rotatable bonds is 2. The van der Waals surface area contributed by atoms with Crippen LogP contribution in [0.4, 0.5) is 0 Å². The van der Waals surface area contributed by atoms with Gasteiger partial charge in [-0.2, -0.15) is 0 Å². The van der Waals surface area contributed by atoms with E-state index in [1.807, 2.05) is 0 Å². The number of fused-ring (bicyclic) bond motifs is 1. The number of nitrogens with one attached hydrogen (secondary N) is 1. The molecular formula is C13H23N3O2. The molecule has 2 atom stereocenters. The van der Waals surface area contributed by atoms with Crippen LogP contribution in [0.3, 0.4) is 0 Å². The molecule has 3 saturated heterocycles. The van der Waals surface area contributed by atoms with Gasteiger partial charge in [-0.15, -0.1) is 0 Å². The topological polar surface area (TPSA) is 67.6 Å². The van der Waals surface area contributed by atoms with Gasteiger partial charge in [-0.1, -0.05) is 0 Å². The number of hydrogen-bond donors (Lipinski definition) is 2. The molecule has 0 aliphatic carbocycles. The average Bonchev–Trinajstić information content (AvgIpc) is 2.95. The Kier molecular flexibility index (Phi) is 3.30. The van der Waals surface area contributed by atoms with Crippen LogP contribution in [0.2, 0.25) is 0 Å². The van der Waals surface area contributed by atoms with Gasteiger partial charge in [0.15, 0.2) is 0 Å². The second-order valence-electron chi connectivity index (χ2n) is 5.88. The van der Waals surface area contributed by atoms with E-state index in [2.05, 4.69) is 10.2 Å². The van der Waals surface area contributed by atoms with E-state index in [-0.39, 0.29) is 5.91 Å². The van der Waals surface area contributed by atoms with E-state index < -0.39 is 5.54 Å². The van der Waals surface area contributed by atoms with E-state index in [9.17, 15) is 4.79 Å². The Bertz CT molecular complexity index is 328. The van der Waals surface area contributed by atoms with Gasteiger partial charge in [0.2, 0.25) is 5.91 Å². The molecule has 0 radical (unpaired) electrons. The molecule has 3 aliphatic rings. The van der Waals surface area contributed by atoms with Crippen molar-refractivity contribution >= 4 is 5.91 Å². The van der Waals surface area contributed by atoms with Gasteiger partial charge >= 0.3 is 0 Å². The van der Waals surface area contributed by atoms with Crippen LogP contribution in [0.25, 0.3) is 0 Å². The minimum Gasteiger partial charge on any atom is -0.381 e. The van der Waals surface area contributed by atoms with Gasteiger partial charge in [-0.05, 0) is 38.6 Å². The zero-order chi connectivity index (χ0) is 12.6. The molecule has 0 bridgehead atoms. The second kappa shape index (κ2) is 4.79. The van der Waals surface area contributed by atoms with Crippen LogP contribution < -0.4 is 11.1 Å². The molecule has 5 heteroatoms. The molecule has 0 aromatic carbocycles. The first-order valence-electron chi connectivity index (χ1n) is 7.11. The third kappa shape index (κ3) is 2.15. The largest absolute Gasteiger partial charge is 0.381 e. The lowest BCUT2D eigenvalue weighted by atomic mass is 9.89. The van der Waals surface area contributed by atoms with Crippen molar-refractivity contribution in [1.29, 1.82) is 0 Å². The Morgan fingerprint density at radius 2 is 2.06 bits per heavy atom. The van der Waals surface area contributed by atoms with Crippen LogP contribution in [0.15, 0.2) is 0 Å². The maximum Gasteiger partial charge on any atom is 0.240 e. The van der Waals surface area contributed by atoms with Crippen molar-refractivity contribution in [3.63, 3.8) is 0 Å². The lowest BCUT2D eigenvalue weighted by Crippen LogP contribution is -2.59. The molecule has 3 aliphatic heterocycles. The van der Waals surface area contributed by atoms with Gasteiger partial charge in [0, 0.05) is 31.8 Å². The molecule has 0 aromatic rings. The van der Waals surface area contributed by atoms with E-state index in [4.69, 9.17) is 10.5 Å².